The molecule has 2 N–H and O–H groups in total. The van der Waals surface area contributed by atoms with Gasteiger partial charge in [0.25, 0.3) is 5.91 Å². The summed E-state index contributed by atoms with van der Waals surface area (Å²) in [7, 11) is 4.53. The highest BCUT2D eigenvalue weighted by atomic mass is 16.5. The van der Waals surface area contributed by atoms with Gasteiger partial charge in [-0.25, -0.2) is 5.43 Å². The third-order valence-corrected chi connectivity index (χ3v) is 5.38. The molecule has 0 aromatic heterocycles. The highest BCUT2D eigenvalue weighted by molar-refractivity contribution is 5.95. The topological polar surface area (TPSA) is 110 Å². The Labute approximate surface area is 186 Å². The van der Waals surface area contributed by atoms with Gasteiger partial charge in [0.15, 0.2) is 23.0 Å². The van der Waals surface area contributed by atoms with E-state index in [1.54, 1.807) is 42.3 Å². The van der Waals surface area contributed by atoms with Crippen LogP contribution in [0.15, 0.2) is 41.5 Å². The number of piperidine rings is 1. The number of methoxy groups -OCH3 is 3. The number of carbonyl (C=O) groups excluding carboxylic acids is 2. The molecule has 9 nitrogen and oxygen atoms in total. The number of likely N-dealkylation sites (tertiary alicyclic amines) is 1. The summed E-state index contributed by atoms with van der Waals surface area (Å²) >= 11 is 0. The number of phenolic OH excluding ortho intramolecular Hbond substituents is 1. The van der Waals surface area contributed by atoms with E-state index in [-0.39, 0.29) is 23.5 Å². The maximum absolute atomic E-state index is 12.8. The van der Waals surface area contributed by atoms with Crippen LogP contribution in [0.1, 0.15) is 28.8 Å². The van der Waals surface area contributed by atoms with E-state index in [2.05, 4.69) is 10.5 Å². The van der Waals surface area contributed by atoms with Crippen molar-refractivity contribution in [1.29, 1.82) is 0 Å². The number of rotatable bonds is 7. The van der Waals surface area contributed by atoms with Gasteiger partial charge >= 0.3 is 0 Å². The van der Waals surface area contributed by atoms with Crippen molar-refractivity contribution in [1.82, 2.24) is 10.3 Å². The van der Waals surface area contributed by atoms with E-state index in [4.69, 9.17) is 14.2 Å². The fraction of sp³-hybridized carbons (Fsp3) is 0.348. The lowest BCUT2D eigenvalue weighted by Crippen LogP contribution is -2.42. The Kier molecular flexibility index (Phi) is 7.54. The van der Waals surface area contributed by atoms with Crippen molar-refractivity contribution in [2.45, 2.75) is 12.8 Å². The van der Waals surface area contributed by atoms with Gasteiger partial charge in [0.2, 0.25) is 5.91 Å². The minimum Gasteiger partial charge on any atom is -0.504 e. The largest absolute Gasteiger partial charge is 0.504 e. The highest BCUT2D eigenvalue weighted by Gasteiger charge is 2.28. The van der Waals surface area contributed by atoms with Crippen LogP contribution >= 0.6 is 0 Å². The smallest absolute Gasteiger partial charge is 0.253 e. The predicted octanol–water partition coefficient (Wildman–Crippen LogP) is 2.42. The number of ether oxygens (including phenoxy) is 3. The Hall–Kier alpha value is -3.75. The van der Waals surface area contributed by atoms with Crippen molar-refractivity contribution >= 4 is 18.0 Å². The fourth-order valence-corrected chi connectivity index (χ4v) is 3.53. The first-order valence-electron chi connectivity index (χ1n) is 10.2. The maximum atomic E-state index is 12.8. The molecule has 0 aliphatic carbocycles. The number of hydrogen-bond donors (Lipinski definition) is 2. The molecule has 1 saturated heterocycles. The molecular formula is C23H27N3O6. The second kappa shape index (κ2) is 10.5. The summed E-state index contributed by atoms with van der Waals surface area (Å²) in [6.45, 7) is 0.953. The molecule has 2 amide bonds. The number of amides is 2. The lowest BCUT2D eigenvalue weighted by Gasteiger charge is -2.31. The Morgan fingerprint density at radius 1 is 1.00 bits per heavy atom. The number of aromatic hydroxyl groups is 1. The Balaban J connectivity index is 1.52. The third-order valence-electron chi connectivity index (χ3n) is 5.38. The molecular weight excluding hydrogens is 414 g/mol. The standard InChI is InChI=1S/C23H27N3O6/c1-30-19-7-5-17(13-21(19)32-3)23(29)26-10-8-16(9-11-26)22(28)25-24-14-15-4-6-18(27)20(12-15)31-2/h4-7,12-14,16,27H,8-11H2,1-3H3,(H,25,28)/b24-14-. The molecule has 0 saturated carbocycles. The van der Waals surface area contributed by atoms with Crippen LogP contribution in [0.4, 0.5) is 0 Å². The van der Waals surface area contributed by atoms with E-state index in [9.17, 15) is 14.7 Å². The predicted molar refractivity (Wildman–Crippen MR) is 119 cm³/mol. The van der Waals surface area contributed by atoms with E-state index in [1.165, 1.54) is 26.5 Å². The summed E-state index contributed by atoms with van der Waals surface area (Å²) in [5.41, 5.74) is 3.74. The average Bonchev–Trinajstić information content (AvgIpc) is 2.84. The van der Waals surface area contributed by atoms with E-state index < -0.39 is 0 Å². The van der Waals surface area contributed by atoms with Gasteiger partial charge in [-0.15, -0.1) is 0 Å². The van der Waals surface area contributed by atoms with E-state index in [1.807, 2.05) is 0 Å². The molecule has 3 rings (SSSR count). The first kappa shape index (κ1) is 22.9. The van der Waals surface area contributed by atoms with Crippen LogP contribution < -0.4 is 19.6 Å². The van der Waals surface area contributed by atoms with Crippen molar-refractivity contribution in [2.24, 2.45) is 11.0 Å². The summed E-state index contributed by atoms with van der Waals surface area (Å²) < 4.78 is 15.5. The maximum Gasteiger partial charge on any atom is 0.253 e. The molecule has 0 bridgehead atoms. The summed E-state index contributed by atoms with van der Waals surface area (Å²) in [6.07, 6.45) is 2.58. The minimum atomic E-state index is -0.226. The van der Waals surface area contributed by atoms with Crippen LogP contribution in [0.25, 0.3) is 0 Å². The van der Waals surface area contributed by atoms with Gasteiger partial charge in [-0.3, -0.25) is 9.59 Å². The number of hydrogen-bond acceptors (Lipinski definition) is 7. The van der Waals surface area contributed by atoms with Crippen LogP contribution in [0, 0.1) is 5.92 Å². The van der Waals surface area contributed by atoms with Crippen molar-refractivity contribution in [3.8, 4) is 23.0 Å². The van der Waals surface area contributed by atoms with Gasteiger partial charge in [0.1, 0.15) is 0 Å². The minimum absolute atomic E-state index is 0.0306. The molecule has 0 radical (unpaired) electrons. The molecule has 9 heteroatoms. The summed E-state index contributed by atoms with van der Waals surface area (Å²) in [5, 5.41) is 13.6. The molecule has 0 unspecified atom stereocenters. The molecule has 2 aromatic carbocycles. The first-order valence-corrected chi connectivity index (χ1v) is 10.2. The van der Waals surface area contributed by atoms with Gasteiger partial charge in [0.05, 0.1) is 27.5 Å². The van der Waals surface area contributed by atoms with Gasteiger partial charge < -0.3 is 24.2 Å². The van der Waals surface area contributed by atoms with Gasteiger partial charge in [0, 0.05) is 24.6 Å². The second-order valence-electron chi connectivity index (χ2n) is 7.30. The fourth-order valence-electron chi connectivity index (χ4n) is 3.53. The zero-order valence-electron chi connectivity index (χ0n) is 18.3. The zero-order chi connectivity index (χ0) is 23.1. The average molecular weight is 441 g/mol. The van der Waals surface area contributed by atoms with E-state index in [0.717, 1.165) is 0 Å². The summed E-state index contributed by atoms with van der Waals surface area (Å²) in [5.74, 6) is 0.891. The molecule has 1 heterocycles. The van der Waals surface area contributed by atoms with E-state index in [0.29, 0.717) is 54.3 Å². The number of nitrogens with zero attached hydrogens (tertiary/aromatic N) is 2. The first-order chi connectivity index (χ1) is 15.5. The number of nitrogens with one attached hydrogen (secondary N) is 1. The quantitative estimate of drug-likeness (QED) is 0.505. The normalized spacial score (nSPS) is 14.3. The van der Waals surface area contributed by atoms with Crippen LogP contribution in [0.5, 0.6) is 23.0 Å². The lowest BCUT2D eigenvalue weighted by atomic mass is 9.95. The number of carbonyl (C=O) groups is 2. The molecule has 0 atom stereocenters. The third kappa shape index (κ3) is 5.29. The molecule has 32 heavy (non-hydrogen) atoms. The highest BCUT2D eigenvalue weighted by Crippen LogP contribution is 2.29. The molecule has 170 valence electrons. The molecule has 1 fully saturated rings. The van der Waals surface area contributed by atoms with Crippen LogP contribution in [0.3, 0.4) is 0 Å². The molecule has 1 aliphatic rings. The van der Waals surface area contributed by atoms with Gasteiger partial charge in [-0.1, -0.05) is 0 Å². The van der Waals surface area contributed by atoms with E-state index >= 15 is 0 Å². The second-order valence-corrected chi connectivity index (χ2v) is 7.30. The van der Waals surface area contributed by atoms with Crippen molar-refractivity contribution in [3.63, 3.8) is 0 Å². The van der Waals surface area contributed by atoms with Crippen LogP contribution in [0.2, 0.25) is 0 Å². The Morgan fingerprint density at radius 2 is 1.69 bits per heavy atom. The molecule has 2 aromatic rings. The number of phenols is 1. The Morgan fingerprint density at radius 3 is 2.34 bits per heavy atom. The van der Waals surface area contributed by atoms with Crippen LogP contribution in [-0.2, 0) is 4.79 Å². The van der Waals surface area contributed by atoms with Gasteiger partial charge in [-0.05, 0) is 54.8 Å². The van der Waals surface area contributed by atoms with Crippen molar-refractivity contribution in [2.75, 3.05) is 34.4 Å². The van der Waals surface area contributed by atoms with Crippen LogP contribution in [-0.4, -0.2) is 62.5 Å². The number of hydrazone groups is 1. The zero-order valence-corrected chi connectivity index (χ0v) is 18.3. The number of benzene rings is 2. The monoisotopic (exact) mass is 441 g/mol. The molecule has 1 aliphatic heterocycles. The summed E-state index contributed by atoms with van der Waals surface area (Å²) in [4.78, 5) is 27.0. The summed E-state index contributed by atoms with van der Waals surface area (Å²) in [6, 6.07) is 9.83. The van der Waals surface area contributed by atoms with Crippen molar-refractivity contribution in [3.05, 3.63) is 47.5 Å². The van der Waals surface area contributed by atoms with Gasteiger partial charge in [-0.2, -0.15) is 5.10 Å². The molecule has 0 spiro atoms. The van der Waals surface area contributed by atoms with Crippen molar-refractivity contribution < 1.29 is 28.9 Å². The Bertz CT molecular complexity index is 999. The SMILES string of the molecule is COc1cc(/C=N\NC(=O)C2CCN(C(=O)c3ccc(OC)c(OC)c3)CC2)ccc1O. The lowest BCUT2D eigenvalue weighted by molar-refractivity contribution is -0.126.